The number of aryl methyl sites for hydroxylation is 1. The number of hydrogen-bond acceptors (Lipinski definition) is 4. The summed E-state index contributed by atoms with van der Waals surface area (Å²) in [5.41, 5.74) is 15.5. The van der Waals surface area contributed by atoms with Crippen molar-refractivity contribution in [3.8, 4) is 0 Å². The van der Waals surface area contributed by atoms with Gasteiger partial charge in [0.2, 0.25) is 0 Å². The number of hydrogen-bond donors (Lipinski definition) is 2. The Balaban J connectivity index is 1.79. The molecule has 1 aromatic carbocycles. The van der Waals surface area contributed by atoms with Gasteiger partial charge in [0, 0.05) is 6.20 Å². The van der Waals surface area contributed by atoms with Gasteiger partial charge in [-0.05, 0) is 25.0 Å². The molecule has 0 spiro atoms. The molecule has 0 atom stereocenters. The zero-order chi connectivity index (χ0) is 15.8. The highest BCUT2D eigenvalue weighted by Crippen LogP contribution is 2.23. The second-order valence-corrected chi connectivity index (χ2v) is 6.02. The Morgan fingerprint density at radius 1 is 0.909 bits per heavy atom. The Hall–Kier alpha value is -1.84. The van der Waals surface area contributed by atoms with Gasteiger partial charge in [0.15, 0.2) is 0 Å². The molecule has 120 valence electrons. The summed E-state index contributed by atoms with van der Waals surface area (Å²) in [7, 11) is 0. The van der Waals surface area contributed by atoms with E-state index >= 15 is 0 Å². The smallest absolute Gasteiger partial charge is 0.114 e. The van der Waals surface area contributed by atoms with Gasteiger partial charge in [-0.2, -0.15) is 0 Å². The van der Waals surface area contributed by atoms with Crippen LogP contribution in [0.4, 0.5) is 11.4 Å². The molecular weight excluding hydrogens is 272 g/mol. The van der Waals surface area contributed by atoms with Crippen molar-refractivity contribution >= 4 is 22.4 Å². The van der Waals surface area contributed by atoms with Crippen LogP contribution in [-0.4, -0.2) is 9.97 Å². The summed E-state index contributed by atoms with van der Waals surface area (Å²) in [4.78, 5) is 9.06. The second kappa shape index (κ2) is 8.57. The lowest BCUT2D eigenvalue weighted by molar-refractivity contribution is 0.574. The molecular formula is C18H28N4. The van der Waals surface area contributed by atoms with Crippen LogP contribution < -0.4 is 11.5 Å². The molecule has 0 saturated heterocycles. The van der Waals surface area contributed by atoms with Crippen LogP contribution in [0.3, 0.4) is 0 Å². The number of nitrogens with zero attached hydrogens (tertiary/aromatic N) is 2. The van der Waals surface area contributed by atoms with Crippen molar-refractivity contribution in [2.45, 2.75) is 64.7 Å². The van der Waals surface area contributed by atoms with Crippen LogP contribution in [-0.2, 0) is 6.42 Å². The zero-order valence-corrected chi connectivity index (χ0v) is 13.6. The molecule has 0 fully saturated rings. The lowest BCUT2D eigenvalue weighted by atomic mass is 10.1. The van der Waals surface area contributed by atoms with Crippen LogP contribution in [0.5, 0.6) is 0 Å². The van der Waals surface area contributed by atoms with Gasteiger partial charge in [-0.25, -0.2) is 4.98 Å². The van der Waals surface area contributed by atoms with Crippen molar-refractivity contribution in [1.82, 2.24) is 9.97 Å². The quantitative estimate of drug-likeness (QED) is 0.529. The molecule has 1 heterocycles. The molecule has 4 nitrogen and oxygen atoms in total. The summed E-state index contributed by atoms with van der Waals surface area (Å²) in [6, 6.07) is 3.65. The fourth-order valence-electron chi connectivity index (χ4n) is 2.71. The summed E-state index contributed by atoms with van der Waals surface area (Å²) < 4.78 is 0. The molecule has 0 amide bonds. The highest BCUT2D eigenvalue weighted by molar-refractivity contribution is 5.93. The van der Waals surface area contributed by atoms with Crippen LogP contribution in [0.2, 0.25) is 0 Å². The van der Waals surface area contributed by atoms with Gasteiger partial charge in [-0.1, -0.05) is 51.9 Å². The van der Waals surface area contributed by atoms with E-state index in [1.165, 1.54) is 44.9 Å². The molecule has 22 heavy (non-hydrogen) atoms. The zero-order valence-electron chi connectivity index (χ0n) is 13.6. The number of nitrogen functional groups attached to an aromatic ring is 2. The van der Waals surface area contributed by atoms with Gasteiger partial charge >= 0.3 is 0 Å². The van der Waals surface area contributed by atoms with E-state index in [9.17, 15) is 0 Å². The maximum Gasteiger partial charge on any atom is 0.114 e. The van der Waals surface area contributed by atoms with Crippen LogP contribution in [0.15, 0.2) is 18.3 Å². The molecule has 1 aromatic heterocycles. The van der Waals surface area contributed by atoms with Gasteiger partial charge in [0.25, 0.3) is 0 Å². The minimum atomic E-state index is 0.544. The minimum absolute atomic E-state index is 0.544. The Bertz CT molecular complexity index is 595. The van der Waals surface area contributed by atoms with E-state index in [4.69, 9.17) is 11.5 Å². The molecule has 0 bridgehead atoms. The molecule has 0 unspecified atom stereocenters. The molecule has 0 aliphatic heterocycles. The van der Waals surface area contributed by atoms with Gasteiger partial charge in [-0.15, -0.1) is 0 Å². The number of benzene rings is 1. The number of aromatic nitrogens is 2. The molecule has 4 N–H and O–H groups in total. The Kier molecular flexibility index (Phi) is 6.44. The van der Waals surface area contributed by atoms with E-state index in [1.807, 2.05) is 12.3 Å². The Morgan fingerprint density at radius 2 is 1.59 bits per heavy atom. The van der Waals surface area contributed by atoms with Gasteiger partial charge in [0.1, 0.15) is 5.52 Å². The fourth-order valence-corrected chi connectivity index (χ4v) is 2.71. The van der Waals surface area contributed by atoms with E-state index < -0.39 is 0 Å². The first kappa shape index (κ1) is 16.5. The predicted molar refractivity (Wildman–Crippen MR) is 94.7 cm³/mol. The largest absolute Gasteiger partial charge is 0.397 e. The van der Waals surface area contributed by atoms with Gasteiger partial charge in [0.05, 0.1) is 22.6 Å². The fraction of sp³-hybridized carbons (Fsp3) is 0.556. The first-order valence-corrected chi connectivity index (χ1v) is 8.52. The summed E-state index contributed by atoms with van der Waals surface area (Å²) in [6.45, 7) is 2.25. The number of unbranched alkanes of at least 4 members (excludes halogenated alkanes) is 7. The molecule has 0 saturated carbocycles. The number of fused-ring (bicyclic) bond motifs is 1. The predicted octanol–water partition coefficient (Wildman–Crippen LogP) is 4.48. The van der Waals surface area contributed by atoms with Crippen LogP contribution in [0, 0.1) is 0 Å². The molecule has 0 aliphatic carbocycles. The van der Waals surface area contributed by atoms with Crippen molar-refractivity contribution < 1.29 is 0 Å². The third-order valence-corrected chi connectivity index (χ3v) is 4.12. The molecule has 0 aliphatic rings. The average molecular weight is 300 g/mol. The summed E-state index contributed by atoms with van der Waals surface area (Å²) >= 11 is 0. The monoisotopic (exact) mass is 300 g/mol. The molecule has 2 rings (SSSR count). The van der Waals surface area contributed by atoms with Crippen molar-refractivity contribution in [2.24, 2.45) is 0 Å². The van der Waals surface area contributed by atoms with Gasteiger partial charge in [-0.3, -0.25) is 4.98 Å². The summed E-state index contributed by atoms with van der Waals surface area (Å²) in [5.74, 6) is 0. The molecule has 0 radical (unpaired) electrons. The van der Waals surface area contributed by atoms with E-state index in [2.05, 4.69) is 16.9 Å². The normalized spacial score (nSPS) is 11.1. The standard InChI is InChI=1S/C18H28N4/c1-2-3-4-5-6-7-8-9-10-14-13-21-16-12-11-15(19)17(20)18(16)22-14/h11-13H,2-10,19-20H2,1H3. The van der Waals surface area contributed by atoms with E-state index in [1.54, 1.807) is 6.07 Å². The van der Waals surface area contributed by atoms with E-state index in [0.29, 0.717) is 11.4 Å². The summed E-state index contributed by atoms with van der Waals surface area (Å²) in [5, 5.41) is 0. The average Bonchev–Trinajstić information content (AvgIpc) is 2.54. The maximum absolute atomic E-state index is 5.99. The lowest BCUT2D eigenvalue weighted by Crippen LogP contribution is -2.00. The Labute approximate surface area is 133 Å². The molecule has 4 heteroatoms. The Morgan fingerprint density at radius 3 is 2.32 bits per heavy atom. The molecule has 2 aromatic rings. The summed E-state index contributed by atoms with van der Waals surface area (Å²) in [6.07, 6.45) is 13.4. The topological polar surface area (TPSA) is 77.8 Å². The SMILES string of the molecule is CCCCCCCCCCc1cnc2ccc(N)c(N)c2n1. The first-order chi connectivity index (χ1) is 10.7. The number of nitrogens with two attached hydrogens (primary N) is 2. The maximum atomic E-state index is 5.99. The highest BCUT2D eigenvalue weighted by atomic mass is 14.8. The lowest BCUT2D eigenvalue weighted by Gasteiger charge is -2.06. The van der Waals surface area contributed by atoms with Crippen LogP contribution in [0.1, 0.15) is 64.0 Å². The van der Waals surface area contributed by atoms with Crippen molar-refractivity contribution in [3.63, 3.8) is 0 Å². The first-order valence-electron chi connectivity index (χ1n) is 8.52. The van der Waals surface area contributed by atoms with Crippen LogP contribution in [0.25, 0.3) is 11.0 Å². The van der Waals surface area contributed by atoms with E-state index in [0.717, 1.165) is 29.6 Å². The van der Waals surface area contributed by atoms with Crippen molar-refractivity contribution in [3.05, 3.63) is 24.0 Å². The van der Waals surface area contributed by atoms with Crippen molar-refractivity contribution in [2.75, 3.05) is 11.5 Å². The number of rotatable bonds is 9. The van der Waals surface area contributed by atoms with Crippen LogP contribution >= 0.6 is 0 Å². The number of anilines is 2. The minimum Gasteiger partial charge on any atom is -0.397 e. The highest BCUT2D eigenvalue weighted by Gasteiger charge is 2.06. The van der Waals surface area contributed by atoms with Gasteiger partial charge < -0.3 is 11.5 Å². The third-order valence-electron chi connectivity index (χ3n) is 4.12. The van der Waals surface area contributed by atoms with E-state index in [-0.39, 0.29) is 0 Å². The van der Waals surface area contributed by atoms with Crippen molar-refractivity contribution in [1.29, 1.82) is 0 Å². The third kappa shape index (κ3) is 4.58. The second-order valence-electron chi connectivity index (χ2n) is 6.02.